The Bertz CT molecular complexity index is 480. The van der Waals surface area contributed by atoms with E-state index in [0.717, 1.165) is 17.7 Å². The van der Waals surface area contributed by atoms with Gasteiger partial charge in [-0.3, -0.25) is 4.79 Å². The zero-order chi connectivity index (χ0) is 15.5. The predicted octanol–water partition coefficient (Wildman–Crippen LogP) is 2.09. The molecule has 0 aliphatic heterocycles. The lowest BCUT2D eigenvalue weighted by Crippen LogP contribution is -2.34. The van der Waals surface area contributed by atoms with Gasteiger partial charge >= 0.3 is 0 Å². The van der Waals surface area contributed by atoms with Gasteiger partial charge in [-0.25, -0.2) is 4.99 Å². The van der Waals surface area contributed by atoms with Crippen LogP contribution in [0.25, 0.3) is 0 Å². The number of aliphatic imine (C=N–C) groups is 1. The van der Waals surface area contributed by atoms with Gasteiger partial charge in [0.1, 0.15) is 0 Å². The highest BCUT2D eigenvalue weighted by atomic mass is 127. The standard InChI is InChI=1S/C15H24N4O2.HI/c1-3-5-14(20)19-13-7-4-6-12(10-13)11-18-15(16)17-8-9-21-2;/h4,6-7,10H,3,5,8-9,11H2,1-2H3,(H,19,20)(H3,16,17,18);1H. The van der Waals surface area contributed by atoms with Gasteiger partial charge in [0.15, 0.2) is 5.96 Å². The number of carbonyl (C=O) groups excluding carboxylic acids is 1. The van der Waals surface area contributed by atoms with Crippen molar-refractivity contribution < 1.29 is 9.53 Å². The number of hydrogen-bond acceptors (Lipinski definition) is 3. The summed E-state index contributed by atoms with van der Waals surface area (Å²) in [5.74, 6) is 0.409. The third kappa shape index (κ3) is 8.83. The van der Waals surface area contributed by atoms with Crippen LogP contribution >= 0.6 is 24.0 Å². The smallest absolute Gasteiger partial charge is 0.224 e. The van der Waals surface area contributed by atoms with Crippen LogP contribution in [0.15, 0.2) is 29.3 Å². The number of nitrogens with one attached hydrogen (secondary N) is 2. The Balaban J connectivity index is 0.00000441. The average Bonchev–Trinajstić information content (AvgIpc) is 2.46. The summed E-state index contributed by atoms with van der Waals surface area (Å²) in [5.41, 5.74) is 7.51. The molecule has 0 spiro atoms. The van der Waals surface area contributed by atoms with E-state index in [-0.39, 0.29) is 29.9 Å². The lowest BCUT2D eigenvalue weighted by atomic mass is 10.2. The Morgan fingerprint density at radius 3 is 2.86 bits per heavy atom. The van der Waals surface area contributed by atoms with Crippen molar-refractivity contribution in [2.75, 3.05) is 25.6 Å². The molecule has 124 valence electrons. The van der Waals surface area contributed by atoms with Crippen molar-refractivity contribution in [2.45, 2.75) is 26.3 Å². The highest BCUT2D eigenvalue weighted by Gasteiger charge is 2.01. The summed E-state index contributed by atoms with van der Waals surface area (Å²) in [5, 5.41) is 5.81. The molecule has 0 bridgehead atoms. The van der Waals surface area contributed by atoms with E-state index < -0.39 is 0 Å². The topological polar surface area (TPSA) is 88.7 Å². The monoisotopic (exact) mass is 420 g/mol. The highest BCUT2D eigenvalue weighted by Crippen LogP contribution is 2.12. The Kier molecular flexibility index (Phi) is 11.5. The van der Waals surface area contributed by atoms with Crippen molar-refractivity contribution in [3.05, 3.63) is 29.8 Å². The quantitative estimate of drug-likeness (QED) is 0.260. The first-order valence-corrected chi connectivity index (χ1v) is 7.07. The highest BCUT2D eigenvalue weighted by molar-refractivity contribution is 14.0. The van der Waals surface area contributed by atoms with Crippen LogP contribution in [0, 0.1) is 0 Å². The fraction of sp³-hybridized carbons (Fsp3) is 0.467. The second kappa shape index (κ2) is 12.2. The van der Waals surface area contributed by atoms with E-state index in [2.05, 4.69) is 15.6 Å². The van der Waals surface area contributed by atoms with Crippen molar-refractivity contribution in [1.82, 2.24) is 5.32 Å². The largest absolute Gasteiger partial charge is 0.383 e. The number of nitrogens with zero attached hydrogens (tertiary/aromatic N) is 1. The van der Waals surface area contributed by atoms with Crippen molar-refractivity contribution in [2.24, 2.45) is 10.7 Å². The van der Waals surface area contributed by atoms with Crippen molar-refractivity contribution in [1.29, 1.82) is 0 Å². The fourth-order valence-corrected chi connectivity index (χ4v) is 1.71. The maximum absolute atomic E-state index is 11.6. The summed E-state index contributed by atoms with van der Waals surface area (Å²) in [7, 11) is 1.63. The molecular weight excluding hydrogens is 395 g/mol. The molecule has 7 heteroatoms. The number of halogens is 1. The maximum Gasteiger partial charge on any atom is 0.224 e. The predicted molar refractivity (Wildman–Crippen MR) is 101 cm³/mol. The molecule has 6 nitrogen and oxygen atoms in total. The Morgan fingerprint density at radius 2 is 2.18 bits per heavy atom. The van der Waals surface area contributed by atoms with Crippen molar-refractivity contribution >= 4 is 41.5 Å². The molecule has 1 aromatic rings. The van der Waals surface area contributed by atoms with Crippen LogP contribution in [0.1, 0.15) is 25.3 Å². The van der Waals surface area contributed by atoms with Gasteiger partial charge in [-0.2, -0.15) is 0 Å². The molecule has 0 saturated heterocycles. The Morgan fingerprint density at radius 1 is 1.41 bits per heavy atom. The van der Waals surface area contributed by atoms with E-state index in [1.807, 2.05) is 31.2 Å². The number of guanidine groups is 1. The molecule has 0 heterocycles. The van der Waals surface area contributed by atoms with E-state index in [0.29, 0.717) is 32.1 Å². The lowest BCUT2D eigenvalue weighted by molar-refractivity contribution is -0.116. The number of benzene rings is 1. The van der Waals surface area contributed by atoms with Gasteiger partial charge in [-0.1, -0.05) is 19.1 Å². The first-order valence-electron chi connectivity index (χ1n) is 7.07. The minimum Gasteiger partial charge on any atom is -0.383 e. The third-order valence-corrected chi connectivity index (χ3v) is 2.73. The number of amides is 1. The minimum absolute atomic E-state index is 0. The van der Waals surface area contributed by atoms with Gasteiger partial charge in [0, 0.05) is 25.8 Å². The number of ether oxygens (including phenoxy) is 1. The van der Waals surface area contributed by atoms with Gasteiger partial charge < -0.3 is 21.1 Å². The van der Waals surface area contributed by atoms with E-state index in [1.54, 1.807) is 7.11 Å². The van der Waals surface area contributed by atoms with Crippen LogP contribution in [-0.2, 0) is 16.1 Å². The Hall–Kier alpha value is -1.35. The van der Waals surface area contributed by atoms with Gasteiger partial charge in [0.05, 0.1) is 13.2 Å². The van der Waals surface area contributed by atoms with Crippen LogP contribution in [0.2, 0.25) is 0 Å². The molecule has 0 atom stereocenters. The second-order valence-electron chi connectivity index (χ2n) is 4.62. The summed E-state index contributed by atoms with van der Waals surface area (Å²) >= 11 is 0. The molecule has 0 radical (unpaired) electrons. The summed E-state index contributed by atoms with van der Waals surface area (Å²) < 4.78 is 4.91. The number of carbonyl (C=O) groups is 1. The molecule has 1 aromatic carbocycles. The van der Waals surface area contributed by atoms with Gasteiger partial charge in [0.25, 0.3) is 0 Å². The van der Waals surface area contributed by atoms with Crippen LogP contribution < -0.4 is 16.4 Å². The molecular formula is C15H25IN4O2. The van der Waals surface area contributed by atoms with E-state index >= 15 is 0 Å². The van der Waals surface area contributed by atoms with E-state index in [4.69, 9.17) is 10.5 Å². The lowest BCUT2D eigenvalue weighted by Gasteiger charge is -2.07. The summed E-state index contributed by atoms with van der Waals surface area (Å²) in [6, 6.07) is 7.60. The second-order valence-corrected chi connectivity index (χ2v) is 4.62. The number of hydrogen-bond donors (Lipinski definition) is 3. The van der Waals surface area contributed by atoms with E-state index in [9.17, 15) is 4.79 Å². The summed E-state index contributed by atoms with van der Waals surface area (Å²) in [6.45, 7) is 3.64. The summed E-state index contributed by atoms with van der Waals surface area (Å²) in [4.78, 5) is 15.8. The van der Waals surface area contributed by atoms with Crippen LogP contribution in [-0.4, -0.2) is 32.1 Å². The number of rotatable bonds is 8. The third-order valence-electron chi connectivity index (χ3n) is 2.73. The first-order chi connectivity index (χ1) is 10.2. The van der Waals surface area contributed by atoms with Gasteiger partial charge in [0.2, 0.25) is 5.91 Å². The first kappa shape index (κ1) is 20.6. The van der Waals surface area contributed by atoms with Gasteiger partial charge in [-0.05, 0) is 24.1 Å². The summed E-state index contributed by atoms with van der Waals surface area (Å²) in [6.07, 6.45) is 1.36. The number of nitrogens with two attached hydrogens (primary N) is 1. The zero-order valence-electron chi connectivity index (χ0n) is 13.1. The minimum atomic E-state index is 0. The molecule has 1 amide bonds. The molecule has 4 N–H and O–H groups in total. The molecule has 0 aliphatic rings. The van der Waals surface area contributed by atoms with Crippen molar-refractivity contribution in [3.63, 3.8) is 0 Å². The van der Waals surface area contributed by atoms with Crippen LogP contribution in [0.4, 0.5) is 5.69 Å². The zero-order valence-corrected chi connectivity index (χ0v) is 15.4. The normalized spacial score (nSPS) is 10.7. The fourth-order valence-electron chi connectivity index (χ4n) is 1.71. The number of anilines is 1. The Labute approximate surface area is 148 Å². The van der Waals surface area contributed by atoms with E-state index in [1.165, 1.54) is 0 Å². The van der Waals surface area contributed by atoms with Crippen molar-refractivity contribution in [3.8, 4) is 0 Å². The molecule has 22 heavy (non-hydrogen) atoms. The molecule has 0 unspecified atom stereocenters. The van der Waals surface area contributed by atoms with Crippen LogP contribution in [0.3, 0.4) is 0 Å². The SMILES string of the molecule is CCCC(=O)Nc1cccc(CN=C(N)NCCOC)c1.I. The molecule has 1 rings (SSSR count). The molecule has 0 aliphatic carbocycles. The maximum atomic E-state index is 11.6. The molecule has 0 aromatic heterocycles. The molecule has 0 fully saturated rings. The molecule has 0 saturated carbocycles. The number of methoxy groups -OCH3 is 1. The van der Waals surface area contributed by atoms with Crippen LogP contribution in [0.5, 0.6) is 0 Å². The van der Waals surface area contributed by atoms with Gasteiger partial charge in [-0.15, -0.1) is 24.0 Å². The average molecular weight is 420 g/mol.